The predicted octanol–water partition coefficient (Wildman–Crippen LogP) is 3.09. The molecule has 0 aromatic carbocycles. The second-order valence-electron chi connectivity index (χ2n) is 4.19. The van der Waals surface area contributed by atoms with E-state index in [-0.39, 0.29) is 5.54 Å². The lowest BCUT2D eigenvalue weighted by molar-refractivity contribution is 0.461. The van der Waals surface area contributed by atoms with Gasteiger partial charge in [-0.25, -0.2) is 0 Å². The van der Waals surface area contributed by atoms with Gasteiger partial charge in [0.15, 0.2) is 0 Å². The Bertz CT molecular complexity index is 308. The first kappa shape index (κ1) is 9.22. The van der Waals surface area contributed by atoms with E-state index in [9.17, 15) is 0 Å². The summed E-state index contributed by atoms with van der Waals surface area (Å²) in [5, 5.41) is 0. The van der Waals surface area contributed by atoms with Crippen molar-refractivity contribution >= 4 is 11.3 Å². The minimum atomic E-state index is 0.00877. The molecule has 2 rings (SSSR count). The van der Waals surface area contributed by atoms with Crippen LogP contribution in [0.2, 0.25) is 0 Å². The van der Waals surface area contributed by atoms with Crippen LogP contribution in [-0.2, 0) is 5.54 Å². The highest BCUT2D eigenvalue weighted by Gasteiger charge is 2.33. The van der Waals surface area contributed by atoms with E-state index in [2.05, 4.69) is 19.9 Å². The quantitative estimate of drug-likeness (QED) is 0.732. The molecule has 0 atom stereocenters. The highest BCUT2D eigenvalue weighted by molar-refractivity contribution is 7.12. The Morgan fingerprint density at radius 2 is 1.92 bits per heavy atom. The first-order chi connectivity index (χ1) is 6.12. The number of hydrogen-bond acceptors (Lipinski definition) is 2. The van der Waals surface area contributed by atoms with Crippen molar-refractivity contribution in [3.05, 3.63) is 21.4 Å². The molecule has 1 fully saturated rings. The third-order valence-corrected chi connectivity index (χ3v) is 4.04. The monoisotopic (exact) mass is 195 g/mol. The zero-order valence-corrected chi connectivity index (χ0v) is 9.21. The average Bonchev–Trinajstić information content (AvgIpc) is 2.59. The Morgan fingerprint density at radius 1 is 1.31 bits per heavy atom. The van der Waals surface area contributed by atoms with Crippen molar-refractivity contribution in [3.63, 3.8) is 0 Å². The number of rotatable bonds is 1. The summed E-state index contributed by atoms with van der Waals surface area (Å²) in [5.41, 5.74) is 7.82. The summed E-state index contributed by atoms with van der Waals surface area (Å²) in [6.45, 7) is 4.36. The third kappa shape index (κ3) is 1.53. The molecule has 0 unspecified atom stereocenters. The molecule has 2 heteroatoms. The van der Waals surface area contributed by atoms with Gasteiger partial charge in [0.05, 0.1) is 0 Å². The first-order valence-electron chi connectivity index (χ1n) is 4.98. The molecule has 1 aliphatic carbocycles. The Morgan fingerprint density at radius 3 is 2.38 bits per heavy atom. The molecular formula is C11H17NS. The Balaban J connectivity index is 2.38. The van der Waals surface area contributed by atoms with Gasteiger partial charge in [0.1, 0.15) is 0 Å². The summed E-state index contributed by atoms with van der Waals surface area (Å²) in [7, 11) is 0. The molecule has 0 saturated heterocycles. The van der Waals surface area contributed by atoms with Crippen molar-refractivity contribution in [2.75, 3.05) is 0 Å². The van der Waals surface area contributed by atoms with Crippen LogP contribution in [0.3, 0.4) is 0 Å². The summed E-state index contributed by atoms with van der Waals surface area (Å²) in [5.74, 6) is 0. The molecule has 0 spiro atoms. The maximum atomic E-state index is 6.40. The zero-order chi connectivity index (χ0) is 9.47. The molecule has 13 heavy (non-hydrogen) atoms. The van der Waals surface area contributed by atoms with E-state index >= 15 is 0 Å². The van der Waals surface area contributed by atoms with Crippen molar-refractivity contribution < 1.29 is 0 Å². The summed E-state index contributed by atoms with van der Waals surface area (Å²) in [4.78, 5) is 2.81. The van der Waals surface area contributed by atoms with Crippen LogP contribution < -0.4 is 5.73 Å². The molecule has 1 aromatic heterocycles. The average molecular weight is 195 g/mol. The second kappa shape index (κ2) is 3.10. The van der Waals surface area contributed by atoms with E-state index in [4.69, 9.17) is 5.73 Å². The van der Waals surface area contributed by atoms with Crippen molar-refractivity contribution in [1.82, 2.24) is 0 Å². The minimum Gasteiger partial charge on any atom is -0.321 e. The fraction of sp³-hybridized carbons (Fsp3) is 0.636. The summed E-state index contributed by atoms with van der Waals surface area (Å²) in [6.07, 6.45) is 4.93. The largest absolute Gasteiger partial charge is 0.321 e. The molecule has 0 aliphatic heterocycles. The normalized spacial score (nSPS) is 20.8. The zero-order valence-electron chi connectivity index (χ0n) is 8.39. The molecule has 0 amide bonds. The van der Waals surface area contributed by atoms with Crippen LogP contribution in [0.5, 0.6) is 0 Å². The molecule has 0 radical (unpaired) electrons. The van der Waals surface area contributed by atoms with E-state index in [1.807, 2.05) is 11.3 Å². The topological polar surface area (TPSA) is 26.0 Å². The van der Waals surface area contributed by atoms with E-state index in [1.54, 1.807) is 0 Å². The fourth-order valence-corrected chi connectivity index (χ4v) is 3.43. The highest BCUT2D eigenvalue weighted by Crippen LogP contribution is 2.40. The summed E-state index contributed by atoms with van der Waals surface area (Å²) < 4.78 is 0. The maximum absolute atomic E-state index is 6.40. The van der Waals surface area contributed by atoms with E-state index in [0.717, 1.165) is 0 Å². The lowest BCUT2D eigenvalue weighted by Crippen LogP contribution is -2.33. The van der Waals surface area contributed by atoms with Gasteiger partial charge in [0.2, 0.25) is 0 Å². The number of thiophene rings is 1. The maximum Gasteiger partial charge on any atom is 0.0420 e. The molecular weight excluding hydrogens is 178 g/mol. The molecule has 1 aliphatic rings. The lowest BCUT2D eigenvalue weighted by Gasteiger charge is -2.23. The van der Waals surface area contributed by atoms with Crippen LogP contribution in [0, 0.1) is 13.8 Å². The van der Waals surface area contributed by atoms with Gasteiger partial charge in [-0.3, -0.25) is 0 Å². The van der Waals surface area contributed by atoms with Crippen LogP contribution in [0.15, 0.2) is 6.07 Å². The van der Waals surface area contributed by atoms with Crippen LogP contribution in [0.4, 0.5) is 0 Å². The van der Waals surface area contributed by atoms with E-state index in [1.165, 1.54) is 41.0 Å². The van der Waals surface area contributed by atoms with Crippen LogP contribution in [-0.4, -0.2) is 0 Å². The highest BCUT2D eigenvalue weighted by atomic mass is 32.1. The van der Waals surface area contributed by atoms with Gasteiger partial charge in [-0.05, 0) is 38.3 Å². The van der Waals surface area contributed by atoms with Crippen LogP contribution >= 0.6 is 11.3 Å². The smallest absolute Gasteiger partial charge is 0.0420 e. The van der Waals surface area contributed by atoms with Crippen molar-refractivity contribution in [1.29, 1.82) is 0 Å². The fourth-order valence-electron chi connectivity index (χ4n) is 2.40. The number of hydrogen-bond donors (Lipinski definition) is 1. The van der Waals surface area contributed by atoms with Gasteiger partial charge in [-0.1, -0.05) is 12.8 Å². The minimum absolute atomic E-state index is 0.00877. The van der Waals surface area contributed by atoms with Gasteiger partial charge in [-0.2, -0.15) is 0 Å². The van der Waals surface area contributed by atoms with Crippen molar-refractivity contribution in [2.24, 2.45) is 5.73 Å². The molecule has 1 nitrogen and oxygen atoms in total. The molecule has 1 aromatic rings. The van der Waals surface area contributed by atoms with Crippen LogP contribution in [0.1, 0.15) is 41.0 Å². The lowest BCUT2D eigenvalue weighted by atomic mass is 9.90. The van der Waals surface area contributed by atoms with Crippen molar-refractivity contribution in [2.45, 2.75) is 45.1 Å². The molecule has 1 heterocycles. The molecule has 2 N–H and O–H groups in total. The van der Waals surface area contributed by atoms with E-state index in [0.29, 0.717) is 0 Å². The van der Waals surface area contributed by atoms with Gasteiger partial charge in [0.25, 0.3) is 0 Å². The van der Waals surface area contributed by atoms with Gasteiger partial charge < -0.3 is 5.73 Å². The van der Waals surface area contributed by atoms with Gasteiger partial charge in [0, 0.05) is 15.3 Å². The summed E-state index contributed by atoms with van der Waals surface area (Å²) in [6, 6.07) is 2.28. The predicted molar refractivity (Wildman–Crippen MR) is 58.1 cm³/mol. The SMILES string of the molecule is Cc1cc(C2(N)CCCC2)c(C)s1. The Hall–Kier alpha value is -0.340. The number of aryl methyl sites for hydroxylation is 2. The molecule has 72 valence electrons. The molecule has 0 bridgehead atoms. The summed E-state index contributed by atoms with van der Waals surface area (Å²) >= 11 is 1.87. The first-order valence-corrected chi connectivity index (χ1v) is 5.80. The van der Waals surface area contributed by atoms with Crippen LogP contribution in [0.25, 0.3) is 0 Å². The second-order valence-corrected chi connectivity index (χ2v) is 5.65. The van der Waals surface area contributed by atoms with Gasteiger partial charge in [-0.15, -0.1) is 11.3 Å². The third-order valence-electron chi connectivity index (χ3n) is 3.07. The Labute approximate surface area is 84.0 Å². The molecule has 1 saturated carbocycles. The Kier molecular flexibility index (Phi) is 2.20. The van der Waals surface area contributed by atoms with E-state index < -0.39 is 0 Å². The van der Waals surface area contributed by atoms with Crippen molar-refractivity contribution in [3.8, 4) is 0 Å². The number of nitrogens with two attached hydrogens (primary N) is 1. The standard InChI is InChI=1S/C11H17NS/c1-8-7-10(9(2)13-8)11(12)5-3-4-6-11/h7H,3-6,12H2,1-2H3. The van der Waals surface area contributed by atoms with Gasteiger partial charge >= 0.3 is 0 Å².